The molecule has 21 heavy (non-hydrogen) atoms. The molecule has 1 atom stereocenters. The molecule has 1 heterocycles. The minimum Gasteiger partial charge on any atom is -0.302 e. The van der Waals surface area contributed by atoms with Gasteiger partial charge in [0, 0.05) is 11.4 Å². The van der Waals surface area contributed by atoms with Crippen LogP contribution in [0.2, 0.25) is 0 Å². The fourth-order valence-corrected chi connectivity index (χ4v) is 3.52. The standard InChI is InChI=1S/C18H26N2S/c1-6-14-9-7-8-10-15(14)17(19-13(4)5)18-20-16(11-21-18)12(2)3/h7-13,17,19H,6H2,1-5H3. The van der Waals surface area contributed by atoms with Crippen LogP contribution in [0.3, 0.4) is 0 Å². The highest BCUT2D eigenvalue weighted by molar-refractivity contribution is 7.09. The van der Waals surface area contributed by atoms with Gasteiger partial charge in [-0.2, -0.15) is 0 Å². The predicted molar refractivity (Wildman–Crippen MR) is 92.1 cm³/mol. The number of aryl methyl sites for hydroxylation is 1. The molecule has 0 saturated carbocycles. The number of aromatic nitrogens is 1. The lowest BCUT2D eigenvalue weighted by Gasteiger charge is -2.22. The highest BCUT2D eigenvalue weighted by Crippen LogP contribution is 2.30. The van der Waals surface area contributed by atoms with Gasteiger partial charge < -0.3 is 5.32 Å². The summed E-state index contributed by atoms with van der Waals surface area (Å²) in [7, 11) is 0. The molecule has 0 fully saturated rings. The van der Waals surface area contributed by atoms with Crippen molar-refractivity contribution in [3.05, 3.63) is 51.5 Å². The quantitative estimate of drug-likeness (QED) is 0.819. The maximum atomic E-state index is 4.87. The van der Waals surface area contributed by atoms with Gasteiger partial charge in [-0.1, -0.05) is 45.0 Å². The third-order valence-corrected chi connectivity index (χ3v) is 4.55. The smallest absolute Gasteiger partial charge is 0.114 e. The monoisotopic (exact) mass is 302 g/mol. The average Bonchev–Trinajstić information content (AvgIpc) is 2.94. The molecule has 0 bridgehead atoms. The Hall–Kier alpha value is -1.19. The average molecular weight is 302 g/mol. The van der Waals surface area contributed by atoms with E-state index in [2.05, 4.69) is 69.6 Å². The summed E-state index contributed by atoms with van der Waals surface area (Å²) in [5.74, 6) is 0.483. The minimum absolute atomic E-state index is 0.193. The van der Waals surface area contributed by atoms with E-state index in [1.54, 1.807) is 11.3 Å². The van der Waals surface area contributed by atoms with Crippen LogP contribution >= 0.6 is 11.3 Å². The zero-order valence-corrected chi connectivity index (χ0v) is 14.5. The molecular formula is C18H26N2S. The van der Waals surface area contributed by atoms with Gasteiger partial charge in [-0.3, -0.25) is 0 Å². The second-order valence-electron chi connectivity index (χ2n) is 6.07. The topological polar surface area (TPSA) is 24.9 Å². The molecule has 0 amide bonds. The first-order valence-electron chi connectivity index (χ1n) is 7.82. The molecule has 2 nitrogen and oxygen atoms in total. The second kappa shape index (κ2) is 7.19. The van der Waals surface area contributed by atoms with Gasteiger partial charge in [0.25, 0.3) is 0 Å². The number of hydrogen-bond acceptors (Lipinski definition) is 3. The molecule has 2 rings (SSSR count). The molecule has 0 aliphatic rings. The molecule has 114 valence electrons. The summed E-state index contributed by atoms with van der Waals surface area (Å²) in [6.45, 7) is 11.0. The van der Waals surface area contributed by atoms with E-state index in [0.717, 1.165) is 6.42 Å². The van der Waals surface area contributed by atoms with Crippen LogP contribution in [0.5, 0.6) is 0 Å². The largest absolute Gasteiger partial charge is 0.302 e. The van der Waals surface area contributed by atoms with Crippen molar-refractivity contribution in [2.45, 2.75) is 59.0 Å². The Morgan fingerprint density at radius 1 is 1.14 bits per heavy atom. The molecule has 0 aliphatic heterocycles. The van der Waals surface area contributed by atoms with Crippen molar-refractivity contribution in [3.8, 4) is 0 Å². The fraction of sp³-hybridized carbons (Fsp3) is 0.500. The van der Waals surface area contributed by atoms with E-state index in [9.17, 15) is 0 Å². The maximum Gasteiger partial charge on any atom is 0.114 e. The summed E-state index contributed by atoms with van der Waals surface area (Å²) < 4.78 is 0. The van der Waals surface area contributed by atoms with Crippen LogP contribution in [-0.2, 0) is 6.42 Å². The summed E-state index contributed by atoms with van der Waals surface area (Å²) in [6, 6.07) is 9.32. The highest BCUT2D eigenvalue weighted by Gasteiger charge is 2.21. The normalized spacial score (nSPS) is 13.1. The Morgan fingerprint density at radius 2 is 1.86 bits per heavy atom. The summed E-state index contributed by atoms with van der Waals surface area (Å²) in [6.07, 6.45) is 1.05. The number of thiazole rings is 1. The Kier molecular flexibility index (Phi) is 5.54. The molecule has 0 aliphatic carbocycles. The van der Waals surface area contributed by atoms with E-state index in [1.807, 2.05) is 0 Å². The molecule has 0 radical (unpaired) electrons. The predicted octanol–water partition coefficient (Wildman–Crippen LogP) is 4.92. The SMILES string of the molecule is CCc1ccccc1C(NC(C)C)c1nc(C(C)C)cs1. The van der Waals surface area contributed by atoms with Crippen LogP contribution in [0.1, 0.15) is 68.4 Å². The van der Waals surface area contributed by atoms with Crippen LogP contribution in [-0.4, -0.2) is 11.0 Å². The lowest BCUT2D eigenvalue weighted by molar-refractivity contribution is 0.523. The third-order valence-electron chi connectivity index (χ3n) is 3.63. The molecule has 0 saturated heterocycles. The first-order valence-corrected chi connectivity index (χ1v) is 8.70. The third kappa shape index (κ3) is 3.92. The summed E-state index contributed by atoms with van der Waals surface area (Å²) >= 11 is 1.77. The number of nitrogens with zero attached hydrogens (tertiary/aromatic N) is 1. The van der Waals surface area contributed by atoms with Gasteiger partial charge >= 0.3 is 0 Å². The van der Waals surface area contributed by atoms with Crippen LogP contribution in [0.15, 0.2) is 29.6 Å². The van der Waals surface area contributed by atoms with Crippen LogP contribution < -0.4 is 5.32 Å². The van der Waals surface area contributed by atoms with Gasteiger partial charge in [0.1, 0.15) is 5.01 Å². The Morgan fingerprint density at radius 3 is 2.43 bits per heavy atom. The van der Waals surface area contributed by atoms with E-state index in [0.29, 0.717) is 12.0 Å². The zero-order valence-electron chi connectivity index (χ0n) is 13.7. The van der Waals surface area contributed by atoms with E-state index >= 15 is 0 Å². The van der Waals surface area contributed by atoms with Crippen molar-refractivity contribution >= 4 is 11.3 Å². The maximum absolute atomic E-state index is 4.87. The molecule has 2 aromatic rings. The second-order valence-corrected chi connectivity index (χ2v) is 6.96. The van der Waals surface area contributed by atoms with Gasteiger partial charge in [0.05, 0.1) is 11.7 Å². The molecule has 1 N–H and O–H groups in total. The van der Waals surface area contributed by atoms with Gasteiger partial charge in [-0.25, -0.2) is 4.98 Å². The molecule has 3 heteroatoms. The molecule has 1 aromatic carbocycles. The molecule has 1 unspecified atom stereocenters. The van der Waals surface area contributed by atoms with E-state index in [4.69, 9.17) is 4.98 Å². The summed E-state index contributed by atoms with van der Waals surface area (Å²) in [4.78, 5) is 4.87. The first-order chi connectivity index (χ1) is 10.0. The summed E-state index contributed by atoms with van der Waals surface area (Å²) in [5, 5.41) is 7.06. The lowest BCUT2D eigenvalue weighted by atomic mass is 9.98. The van der Waals surface area contributed by atoms with Gasteiger partial charge in [0.2, 0.25) is 0 Å². The molecule has 1 aromatic heterocycles. The highest BCUT2D eigenvalue weighted by atomic mass is 32.1. The van der Waals surface area contributed by atoms with Crippen molar-refractivity contribution in [1.29, 1.82) is 0 Å². The zero-order chi connectivity index (χ0) is 15.4. The minimum atomic E-state index is 0.193. The van der Waals surface area contributed by atoms with Crippen LogP contribution in [0.4, 0.5) is 0 Å². The fourth-order valence-electron chi connectivity index (χ4n) is 2.46. The van der Waals surface area contributed by atoms with Gasteiger partial charge in [-0.15, -0.1) is 11.3 Å². The van der Waals surface area contributed by atoms with Crippen LogP contribution in [0, 0.1) is 0 Å². The molecule has 0 spiro atoms. The van der Waals surface area contributed by atoms with Crippen molar-refractivity contribution in [2.24, 2.45) is 0 Å². The lowest BCUT2D eigenvalue weighted by Crippen LogP contribution is -2.29. The Bertz CT molecular complexity index is 572. The molecular weight excluding hydrogens is 276 g/mol. The van der Waals surface area contributed by atoms with E-state index < -0.39 is 0 Å². The van der Waals surface area contributed by atoms with Crippen molar-refractivity contribution in [1.82, 2.24) is 10.3 Å². The number of hydrogen-bond donors (Lipinski definition) is 1. The summed E-state index contributed by atoms with van der Waals surface area (Å²) in [5.41, 5.74) is 3.95. The first kappa shape index (κ1) is 16.2. The Labute approximate surface area is 132 Å². The van der Waals surface area contributed by atoms with Crippen molar-refractivity contribution < 1.29 is 0 Å². The van der Waals surface area contributed by atoms with Gasteiger partial charge in [0.15, 0.2) is 0 Å². The van der Waals surface area contributed by atoms with Crippen LogP contribution in [0.25, 0.3) is 0 Å². The van der Waals surface area contributed by atoms with E-state index in [1.165, 1.54) is 21.8 Å². The number of rotatable bonds is 6. The van der Waals surface area contributed by atoms with E-state index in [-0.39, 0.29) is 6.04 Å². The van der Waals surface area contributed by atoms with Gasteiger partial charge in [-0.05, 0) is 37.3 Å². The number of benzene rings is 1. The van der Waals surface area contributed by atoms with Crippen molar-refractivity contribution in [2.75, 3.05) is 0 Å². The van der Waals surface area contributed by atoms with Crippen molar-refractivity contribution in [3.63, 3.8) is 0 Å². The Balaban J connectivity index is 2.42. The number of nitrogens with one attached hydrogen (secondary N) is 1.